The van der Waals surface area contributed by atoms with Gasteiger partial charge in [0, 0.05) is 5.56 Å². The Labute approximate surface area is 136 Å². The third kappa shape index (κ3) is 4.37. The summed E-state index contributed by atoms with van der Waals surface area (Å²) in [6.45, 7) is 13.6. The molecule has 4 N–H and O–H groups in total. The first-order valence-corrected chi connectivity index (χ1v) is 7.43. The third-order valence-corrected chi connectivity index (χ3v) is 3.62. The average Bonchev–Trinajstić information content (AvgIpc) is 2.28. The van der Waals surface area contributed by atoms with E-state index in [2.05, 4.69) is 10.6 Å². The van der Waals surface area contributed by atoms with Gasteiger partial charge >= 0.3 is 12.2 Å². The Kier molecular flexibility index (Phi) is 4.99. The van der Waals surface area contributed by atoms with Crippen LogP contribution in [0.3, 0.4) is 0 Å². The van der Waals surface area contributed by atoms with Crippen molar-refractivity contribution in [2.75, 3.05) is 10.6 Å². The molecule has 23 heavy (non-hydrogen) atoms. The van der Waals surface area contributed by atoms with Crippen LogP contribution in [0.15, 0.2) is 6.07 Å². The predicted octanol–water partition coefficient (Wildman–Crippen LogP) is 4.77. The summed E-state index contributed by atoms with van der Waals surface area (Å²) in [4.78, 5) is 22.4. The van der Waals surface area contributed by atoms with E-state index in [1.807, 2.05) is 48.5 Å². The van der Waals surface area contributed by atoms with Crippen molar-refractivity contribution >= 4 is 23.6 Å². The highest BCUT2D eigenvalue weighted by atomic mass is 16.4. The number of nitrogens with one attached hydrogen (secondary N) is 2. The minimum absolute atomic E-state index is 0.260. The first kappa shape index (κ1) is 18.8. The number of carboxylic acid groups (broad SMARTS) is 2. The molecular formula is C17H26N2O4. The Morgan fingerprint density at radius 1 is 0.913 bits per heavy atom. The first-order valence-electron chi connectivity index (χ1n) is 7.43. The Bertz CT molecular complexity index is 637. The maximum absolute atomic E-state index is 11.2. The van der Waals surface area contributed by atoms with E-state index in [0.717, 1.165) is 11.1 Å². The minimum atomic E-state index is -1.18. The van der Waals surface area contributed by atoms with Gasteiger partial charge in [-0.25, -0.2) is 9.59 Å². The Balaban J connectivity index is 3.86. The van der Waals surface area contributed by atoms with Crippen LogP contribution < -0.4 is 10.6 Å². The SMILES string of the molecule is Cc1c(C(C)(C)C)cc(NC(=O)O)c(C(C)(C)C)c1NC(=O)O. The van der Waals surface area contributed by atoms with Crippen molar-refractivity contribution in [3.63, 3.8) is 0 Å². The van der Waals surface area contributed by atoms with Gasteiger partial charge in [0.1, 0.15) is 0 Å². The van der Waals surface area contributed by atoms with Crippen LogP contribution in [0.2, 0.25) is 0 Å². The van der Waals surface area contributed by atoms with E-state index < -0.39 is 17.6 Å². The van der Waals surface area contributed by atoms with Gasteiger partial charge in [0.2, 0.25) is 0 Å². The smallest absolute Gasteiger partial charge is 0.409 e. The van der Waals surface area contributed by atoms with Gasteiger partial charge in [-0.2, -0.15) is 0 Å². The summed E-state index contributed by atoms with van der Waals surface area (Å²) in [6.07, 6.45) is -2.36. The Morgan fingerprint density at radius 3 is 1.74 bits per heavy atom. The van der Waals surface area contributed by atoms with Crippen LogP contribution in [0.1, 0.15) is 58.2 Å². The summed E-state index contributed by atoms with van der Waals surface area (Å²) >= 11 is 0. The normalized spacial score (nSPS) is 12.0. The fraction of sp³-hybridized carbons (Fsp3) is 0.529. The molecule has 1 aromatic carbocycles. The maximum Gasteiger partial charge on any atom is 0.409 e. The highest BCUT2D eigenvalue weighted by Gasteiger charge is 2.29. The summed E-state index contributed by atoms with van der Waals surface area (Å²) in [5.41, 5.74) is 2.47. The molecule has 2 amide bonds. The largest absolute Gasteiger partial charge is 0.465 e. The number of rotatable bonds is 2. The number of amides is 2. The van der Waals surface area contributed by atoms with Gasteiger partial charge in [-0.15, -0.1) is 0 Å². The van der Waals surface area contributed by atoms with E-state index in [9.17, 15) is 14.7 Å². The van der Waals surface area contributed by atoms with Crippen LogP contribution in [0.25, 0.3) is 0 Å². The molecule has 0 unspecified atom stereocenters. The summed E-state index contributed by atoms with van der Waals surface area (Å²) in [6, 6.07) is 1.80. The van der Waals surface area contributed by atoms with Crippen molar-refractivity contribution in [3.8, 4) is 0 Å². The average molecular weight is 322 g/mol. The van der Waals surface area contributed by atoms with Gasteiger partial charge in [0.05, 0.1) is 11.4 Å². The van der Waals surface area contributed by atoms with E-state index in [1.165, 1.54) is 0 Å². The topological polar surface area (TPSA) is 98.7 Å². The molecule has 6 heteroatoms. The number of benzene rings is 1. The number of hydrogen-bond acceptors (Lipinski definition) is 2. The lowest BCUT2D eigenvalue weighted by molar-refractivity contribution is 0.208. The van der Waals surface area contributed by atoms with Crippen molar-refractivity contribution in [2.24, 2.45) is 0 Å². The fourth-order valence-corrected chi connectivity index (χ4v) is 2.82. The molecule has 0 heterocycles. The number of carbonyl (C=O) groups is 2. The number of hydrogen-bond donors (Lipinski definition) is 4. The van der Waals surface area contributed by atoms with Crippen LogP contribution >= 0.6 is 0 Å². The van der Waals surface area contributed by atoms with Crippen LogP contribution in [0.5, 0.6) is 0 Å². The van der Waals surface area contributed by atoms with E-state index >= 15 is 0 Å². The highest BCUT2D eigenvalue weighted by Crippen LogP contribution is 2.42. The van der Waals surface area contributed by atoms with E-state index in [1.54, 1.807) is 6.07 Å². The Morgan fingerprint density at radius 2 is 1.39 bits per heavy atom. The molecule has 0 aliphatic carbocycles. The monoisotopic (exact) mass is 322 g/mol. The molecule has 0 aromatic heterocycles. The molecular weight excluding hydrogens is 296 g/mol. The summed E-state index contributed by atoms with van der Waals surface area (Å²) < 4.78 is 0. The van der Waals surface area contributed by atoms with Crippen molar-refractivity contribution in [3.05, 3.63) is 22.8 Å². The highest BCUT2D eigenvalue weighted by molar-refractivity contribution is 5.92. The molecule has 0 spiro atoms. The second kappa shape index (κ2) is 6.10. The van der Waals surface area contributed by atoms with E-state index in [4.69, 9.17) is 5.11 Å². The van der Waals surface area contributed by atoms with Crippen molar-refractivity contribution in [1.82, 2.24) is 0 Å². The quantitative estimate of drug-likeness (QED) is 0.630. The molecule has 1 rings (SSSR count). The Hall–Kier alpha value is -2.24. The first-order chi connectivity index (χ1) is 10.2. The van der Waals surface area contributed by atoms with Crippen LogP contribution in [0.4, 0.5) is 21.0 Å². The molecule has 0 radical (unpaired) electrons. The molecule has 0 atom stereocenters. The lowest BCUT2D eigenvalue weighted by Crippen LogP contribution is -2.25. The van der Waals surface area contributed by atoms with Crippen LogP contribution in [-0.4, -0.2) is 22.4 Å². The van der Waals surface area contributed by atoms with Crippen molar-refractivity contribution in [1.29, 1.82) is 0 Å². The molecule has 0 bridgehead atoms. The zero-order chi connectivity index (χ0) is 18.2. The van der Waals surface area contributed by atoms with Gasteiger partial charge < -0.3 is 10.2 Å². The van der Waals surface area contributed by atoms with Crippen molar-refractivity contribution < 1.29 is 19.8 Å². The number of anilines is 2. The summed E-state index contributed by atoms with van der Waals surface area (Å²) in [5, 5.41) is 23.2. The lowest BCUT2D eigenvalue weighted by atomic mass is 9.77. The van der Waals surface area contributed by atoms with E-state index in [-0.39, 0.29) is 5.41 Å². The van der Waals surface area contributed by atoms with Gasteiger partial charge in [-0.1, -0.05) is 41.5 Å². The maximum atomic E-state index is 11.2. The second-order valence-corrected chi connectivity index (χ2v) is 7.71. The van der Waals surface area contributed by atoms with Crippen molar-refractivity contribution in [2.45, 2.75) is 59.3 Å². The fourth-order valence-electron chi connectivity index (χ4n) is 2.82. The van der Waals surface area contributed by atoms with Gasteiger partial charge in [-0.3, -0.25) is 10.6 Å². The summed E-state index contributed by atoms with van der Waals surface area (Å²) in [7, 11) is 0. The van der Waals surface area contributed by atoms with Gasteiger partial charge in [0.15, 0.2) is 0 Å². The second-order valence-electron chi connectivity index (χ2n) is 7.71. The van der Waals surface area contributed by atoms with Crippen LogP contribution in [0, 0.1) is 6.92 Å². The third-order valence-electron chi connectivity index (χ3n) is 3.62. The molecule has 6 nitrogen and oxygen atoms in total. The minimum Gasteiger partial charge on any atom is -0.465 e. The molecule has 0 saturated heterocycles. The molecule has 0 aliphatic heterocycles. The molecule has 0 saturated carbocycles. The van der Waals surface area contributed by atoms with Crippen LogP contribution in [-0.2, 0) is 10.8 Å². The zero-order valence-corrected chi connectivity index (χ0v) is 14.8. The zero-order valence-electron chi connectivity index (χ0n) is 14.8. The molecule has 0 aliphatic rings. The van der Waals surface area contributed by atoms with Gasteiger partial charge in [0.25, 0.3) is 0 Å². The molecule has 128 valence electrons. The lowest BCUT2D eigenvalue weighted by Gasteiger charge is -2.31. The predicted molar refractivity (Wildman–Crippen MR) is 91.9 cm³/mol. The summed E-state index contributed by atoms with van der Waals surface area (Å²) in [5.74, 6) is 0. The molecule has 1 aromatic rings. The standard InChI is InChI=1S/C17H26N2O4/c1-9-10(16(2,3)4)8-11(18-14(20)21)12(17(5,6)7)13(9)19-15(22)23/h8,18-19H,1-7H3,(H,20,21)(H,22,23). The molecule has 0 fully saturated rings. The van der Waals surface area contributed by atoms with Gasteiger partial charge in [-0.05, 0) is 34.9 Å². The van der Waals surface area contributed by atoms with E-state index in [0.29, 0.717) is 16.9 Å².